The summed E-state index contributed by atoms with van der Waals surface area (Å²) in [7, 11) is 0. The molecule has 0 amide bonds. The van der Waals surface area contributed by atoms with Crippen molar-refractivity contribution in [2.45, 2.75) is 6.42 Å². The molecule has 0 fully saturated rings. The molecule has 0 aliphatic rings. The van der Waals surface area contributed by atoms with Crippen molar-refractivity contribution in [3.8, 4) is 11.1 Å². The summed E-state index contributed by atoms with van der Waals surface area (Å²) in [5.74, 6) is 0. The maximum atomic E-state index is 10.3. The third kappa shape index (κ3) is 2.26. The molecule has 1 aromatic carbocycles. The van der Waals surface area contributed by atoms with Crippen LogP contribution in [0.3, 0.4) is 0 Å². The fourth-order valence-electron chi connectivity index (χ4n) is 1.38. The minimum atomic E-state index is 0.464. The van der Waals surface area contributed by atoms with Gasteiger partial charge in [0, 0.05) is 24.4 Å². The Morgan fingerprint density at radius 1 is 1.00 bits per heavy atom. The molecule has 0 bridgehead atoms. The van der Waals surface area contributed by atoms with Crippen molar-refractivity contribution in [1.82, 2.24) is 9.97 Å². The maximum Gasteiger partial charge on any atom is 0.124 e. The van der Waals surface area contributed by atoms with Gasteiger partial charge in [0.1, 0.15) is 12.6 Å². The van der Waals surface area contributed by atoms with Crippen LogP contribution in [0.15, 0.2) is 43.0 Å². The largest absolute Gasteiger partial charge is 0.303 e. The smallest absolute Gasteiger partial charge is 0.124 e. The Hall–Kier alpha value is -2.03. The van der Waals surface area contributed by atoms with Gasteiger partial charge in [0.25, 0.3) is 0 Å². The van der Waals surface area contributed by atoms with Gasteiger partial charge in [0.2, 0.25) is 0 Å². The molecule has 3 nitrogen and oxygen atoms in total. The standard InChI is InChI=1S/C12H10N2O/c15-6-5-10-1-3-11(4-2-10)12-7-13-9-14-8-12/h1-4,6-9H,5H2. The van der Waals surface area contributed by atoms with E-state index in [0.717, 1.165) is 23.0 Å². The first-order valence-electron chi connectivity index (χ1n) is 4.68. The third-order valence-corrected chi connectivity index (χ3v) is 2.17. The lowest BCUT2D eigenvalue weighted by atomic mass is 10.1. The Kier molecular flexibility index (Phi) is 2.83. The van der Waals surface area contributed by atoms with E-state index in [1.54, 1.807) is 12.4 Å². The van der Waals surface area contributed by atoms with E-state index < -0.39 is 0 Å². The summed E-state index contributed by atoms with van der Waals surface area (Å²) in [5, 5.41) is 0. The predicted octanol–water partition coefficient (Wildman–Crippen LogP) is 1.89. The number of benzene rings is 1. The fraction of sp³-hybridized carbons (Fsp3) is 0.0833. The van der Waals surface area contributed by atoms with Crippen molar-refractivity contribution >= 4 is 6.29 Å². The van der Waals surface area contributed by atoms with Crippen molar-refractivity contribution in [3.63, 3.8) is 0 Å². The number of aromatic nitrogens is 2. The van der Waals surface area contributed by atoms with Crippen molar-refractivity contribution in [1.29, 1.82) is 0 Å². The first kappa shape index (κ1) is 9.52. The average Bonchev–Trinajstić information content (AvgIpc) is 2.32. The zero-order chi connectivity index (χ0) is 10.5. The molecule has 0 saturated carbocycles. The Morgan fingerprint density at radius 2 is 1.67 bits per heavy atom. The van der Waals surface area contributed by atoms with Crippen molar-refractivity contribution in [2.75, 3.05) is 0 Å². The molecule has 3 heteroatoms. The molecule has 2 aromatic rings. The van der Waals surface area contributed by atoms with Crippen LogP contribution in [0.2, 0.25) is 0 Å². The lowest BCUT2D eigenvalue weighted by molar-refractivity contribution is -0.107. The van der Waals surface area contributed by atoms with Crippen LogP contribution >= 0.6 is 0 Å². The molecular weight excluding hydrogens is 188 g/mol. The van der Waals surface area contributed by atoms with Crippen LogP contribution in [0.1, 0.15) is 5.56 Å². The van der Waals surface area contributed by atoms with E-state index in [1.165, 1.54) is 6.33 Å². The summed E-state index contributed by atoms with van der Waals surface area (Å²) in [5.41, 5.74) is 3.06. The molecule has 15 heavy (non-hydrogen) atoms. The van der Waals surface area contributed by atoms with Crippen LogP contribution in [-0.2, 0) is 11.2 Å². The zero-order valence-electron chi connectivity index (χ0n) is 8.13. The lowest BCUT2D eigenvalue weighted by Crippen LogP contribution is -1.86. The molecule has 0 unspecified atom stereocenters. The van der Waals surface area contributed by atoms with E-state index in [2.05, 4.69) is 9.97 Å². The third-order valence-electron chi connectivity index (χ3n) is 2.17. The number of hydrogen-bond donors (Lipinski definition) is 0. The number of carbonyl (C=O) groups is 1. The molecule has 0 aliphatic heterocycles. The summed E-state index contributed by atoms with van der Waals surface area (Å²) < 4.78 is 0. The van der Waals surface area contributed by atoms with Gasteiger partial charge in [-0.2, -0.15) is 0 Å². The molecular formula is C12H10N2O. The second-order valence-corrected chi connectivity index (χ2v) is 3.19. The van der Waals surface area contributed by atoms with Crippen molar-refractivity contribution in [3.05, 3.63) is 48.5 Å². The van der Waals surface area contributed by atoms with Gasteiger partial charge in [0.05, 0.1) is 0 Å². The fourth-order valence-corrected chi connectivity index (χ4v) is 1.38. The number of rotatable bonds is 3. The molecule has 2 rings (SSSR count). The quantitative estimate of drug-likeness (QED) is 0.707. The van der Waals surface area contributed by atoms with Crippen LogP contribution in [0, 0.1) is 0 Å². The second-order valence-electron chi connectivity index (χ2n) is 3.19. The van der Waals surface area contributed by atoms with Gasteiger partial charge in [0.15, 0.2) is 0 Å². The topological polar surface area (TPSA) is 42.9 Å². The number of carbonyl (C=O) groups excluding carboxylic acids is 1. The van der Waals surface area contributed by atoms with Crippen LogP contribution < -0.4 is 0 Å². The van der Waals surface area contributed by atoms with Crippen molar-refractivity contribution < 1.29 is 4.79 Å². The monoisotopic (exact) mass is 198 g/mol. The highest BCUT2D eigenvalue weighted by Gasteiger charge is 1.97. The number of nitrogens with zero attached hydrogens (tertiary/aromatic N) is 2. The van der Waals surface area contributed by atoms with E-state index >= 15 is 0 Å². The van der Waals surface area contributed by atoms with Crippen molar-refractivity contribution in [2.24, 2.45) is 0 Å². The average molecular weight is 198 g/mol. The summed E-state index contributed by atoms with van der Waals surface area (Å²) in [6, 6.07) is 7.82. The first-order chi connectivity index (χ1) is 7.40. The predicted molar refractivity (Wildman–Crippen MR) is 57.2 cm³/mol. The van der Waals surface area contributed by atoms with Gasteiger partial charge < -0.3 is 4.79 Å². The molecule has 0 aliphatic carbocycles. The highest BCUT2D eigenvalue weighted by molar-refractivity contribution is 5.63. The number of aldehydes is 1. The molecule has 0 spiro atoms. The molecule has 0 N–H and O–H groups in total. The van der Waals surface area contributed by atoms with E-state index in [0.29, 0.717) is 6.42 Å². The molecule has 0 radical (unpaired) electrons. The van der Waals surface area contributed by atoms with E-state index in [1.807, 2.05) is 24.3 Å². The van der Waals surface area contributed by atoms with Crippen LogP contribution in [0.5, 0.6) is 0 Å². The Morgan fingerprint density at radius 3 is 2.27 bits per heavy atom. The highest BCUT2D eigenvalue weighted by atomic mass is 16.1. The van der Waals surface area contributed by atoms with Gasteiger partial charge in [-0.3, -0.25) is 0 Å². The van der Waals surface area contributed by atoms with Gasteiger partial charge in [-0.25, -0.2) is 9.97 Å². The summed E-state index contributed by atoms with van der Waals surface area (Å²) in [6.45, 7) is 0. The van der Waals surface area contributed by atoms with E-state index in [-0.39, 0.29) is 0 Å². The summed E-state index contributed by atoms with van der Waals surface area (Å²) in [6.07, 6.45) is 6.40. The number of hydrogen-bond acceptors (Lipinski definition) is 3. The SMILES string of the molecule is O=CCc1ccc(-c2cncnc2)cc1. The van der Waals surface area contributed by atoms with Crippen LogP contribution in [-0.4, -0.2) is 16.3 Å². The van der Waals surface area contributed by atoms with Gasteiger partial charge >= 0.3 is 0 Å². The molecule has 74 valence electrons. The minimum absolute atomic E-state index is 0.464. The first-order valence-corrected chi connectivity index (χ1v) is 4.68. The molecule has 1 heterocycles. The molecule has 0 atom stereocenters. The Balaban J connectivity index is 2.28. The molecule has 0 saturated heterocycles. The van der Waals surface area contributed by atoms with Crippen LogP contribution in [0.4, 0.5) is 0 Å². The zero-order valence-corrected chi connectivity index (χ0v) is 8.13. The van der Waals surface area contributed by atoms with Gasteiger partial charge in [-0.05, 0) is 11.1 Å². The minimum Gasteiger partial charge on any atom is -0.303 e. The van der Waals surface area contributed by atoms with Gasteiger partial charge in [-0.1, -0.05) is 24.3 Å². The summed E-state index contributed by atoms with van der Waals surface area (Å²) in [4.78, 5) is 18.2. The van der Waals surface area contributed by atoms with E-state index in [9.17, 15) is 4.79 Å². The van der Waals surface area contributed by atoms with E-state index in [4.69, 9.17) is 0 Å². The van der Waals surface area contributed by atoms with Crippen LogP contribution in [0.25, 0.3) is 11.1 Å². The normalized spacial score (nSPS) is 9.87. The highest BCUT2D eigenvalue weighted by Crippen LogP contribution is 2.17. The maximum absolute atomic E-state index is 10.3. The lowest BCUT2D eigenvalue weighted by Gasteiger charge is -2.00. The summed E-state index contributed by atoms with van der Waals surface area (Å²) >= 11 is 0. The Labute approximate surface area is 87.8 Å². The second kappa shape index (κ2) is 4.46. The Bertz CT molecular complexity index is 437. The molecule has 1 aromatic heterocycles. The van der Waals surface area contributed by atoms with Gasteiger partial charge in [-0.15, -0.1) is 0 Å².